The molecule has 0 aliphatic heterocycles. The minimum atomic E-state index is -0.202. The number of rotatable bonds is 5. The summed E-state index contributed by atoms with van der Waals surface area (Å²) in [5, 5.41) is 11.1. The zero-order valence-electron chi connectivity index (χ0n) is 11.5. The standard InChI is InChI=1S/C14H18N4OS/c1-3-9(2)11(10-7-5-4-6-8-10)12(19)16-14-18-17-13(15)20-14/h4-9,11H,3H2,1-2H3,(H2,15,17)(H,16,18,19). The van der Waals surface area contributed by atoms with Crippen molar-refractivity contribution in [1.82, 2.24) is 10.2 Å². The van der Waals surface area contributed by atoms with Crippen LogP contribution in [0.5, 0.6) is 0 Å². The average Bonchev–Trinajstić information content (AvgIpc) is 2.85. The summed E-state index contributed by atoms with van der Waals surface area (Å²) >= 11 is 1.17. The van der Waals surface area contributed by atoms with E-state index in [1.54, 1.807) is 0 Å². The third-order valence-corrected chi connectivity index (χ3v) is 3.99. The van der Waals surface area contributed by atoms with Crippen molar-refractivity contribution in [2.24, 2.45) is 5.92 Å². The number of benzene rings is 1. The van der Waals surface area contributed by atoms with Gasteiger partial charge in [-0.25, -0.2) is 0 Å². The molecule has 0 aliphatic carbocycles. The average molecular weight is 290 g/mol. The van der Waals surface area contributed by atoms with Crippen molar-refractivity contribution in [3.63, 3.8) is 0 Å². The number of hydrogen-bond donors (Lipinski definition) is 2. The maximum absolute atomic E-state index is 12.5. The lowest BCUT2D eigenvalue weighted by Crippen LogP contribution is -2.26. The van der Waals surface area contributed by atoms with E-state index < -0.39 is 0 Å². The van der Waals surface area contributed by atoms with Crippen LogP contribution in [0.2, 0.25) is 0 Å². The number of amides is 1. The Morgan fingerprint density at radius 2 is 2.05 bits per heavy atom. The molecule has 0 bridgehead atoms. The largest absolute Gasteiger partial charge is 0.374 e. The van der Waals surface area contributed by atoms with Gasteiger partial charge in [0.25, 0.3) is 0 Å². The molecule has 1 amide bonds. The number of nitrogen functional groups attached to an aromatic ring is 1. The number of hydrogen-bond acceptors (Lipinski definition) is 5. The number of carbonyl (C=O) groups excluding carboxylic acids is 1. The first-order valence-electron chi connectivity index (χ1n) is 6.56. The Kier molecular flexibility index (Phi) is 4.68. The second-order valence-corrected chi connectivity index (χ2v) is 5.72. The minimum Gasteiger partial charge on any atom is -0.374 e. The fourth-order valence-electron chi connectivity index (χ4n) is 2.10. The molecule has 0 spiro atoms. The lowest BCUT2D eigenvalue weighted by molar-refractivity contribution is -0.118. The quantitative estimate of drug-likeness (QED) is 0.887. The van der Waals surface area contributed by atoms with Gasteiger partial charge in [0.15, 0.2) is 0 Å². The van der Waals surface area contributed by atoms with Crippen LogP contribution in [-0.2, 0) is 4.79 Å². The SMILES string of the molecule is CCC(C)C(C(=O)Nc1nnc(N)s1)c1ccccc1. The van der Waals surface area contributed by atoms with Crippen molar-refractivity contribution in [2.45, 2.75) is 26.2 Å². The Labute approximate surface area is 122 Å². The monoisotopic (exact) mass is 290 g/mol. The summed E-state index contributed by atoms with van der Waals surface area (Å²) in [5.41, 5.74) is 6.53. The van der Waals surface area contributed by atoms with Gasteiger partial charge in [-0.1, -0.05) is 61.9 Å². The highest BCUT2D eigenvalue weighted by molar-refractivity contribution is 7.18. The Morgan fingerprint density at radius 1 is 1.35 bits per heavy atom. The highest BCUT2D eigenvalue weighted by atomic mass is 32.1. The highest BCUT2D eigenvalue weighted by Gasteiger charge is 2.26. The van der Waals surface area contributed by atoms with Crippen LogP contribution in [0, 0.1) is 5.92 Å². The molecule has 3 N–H and O–H groups in total. The van der Waals surface area contributed by atoms with E-state index in [2.05, 4.69) is 29.4 Å². The number of carbonyl (C=O) groups is 1. The summed E-state index contributed by atoms with van der Waals surface area (Å²) in [6.07, 6.45) is 0.922. The zero-order valence-corrected chi connectivity index (χ0v) is 12.4. The Morgan fingerprint density at radius 3 is 2.60 bits per heavy atom. The van der Waals surface area contributed by atoms with Gasteiger partial charge in [-0.2, -0.15) is 0 Å². The molecule has 0 aliphatic rings. The number of nitrogens with one attached hydrogen (secondary N) is 1. The van der Waals surface area contributed by atoms with E-state index in [0.29, 0.717) is 10.3 Å². The first-order chi connectivity index (χ1) is 9.61. The predicted molar refractivity (Wildman–Crippen MR) is 81.6 cm³/mol. The lowest BCUT2D eigenvalue weighted by Gasteiger charge is -2.22. The van der Waals surface area contributed by atoms with Gasteiger partial charge in [0, 0.05) is 0 Å². The molecule has 0 saturated heterocycles. The molecule has 1 aromatic carbocycles. The Balaban J connectivity index is 2.20. The van der Waals surface area contributed by atoms with E-state index in [1.807, 2.05) is 30.3 Å². The fraction of sp³-hybridized carbons (Fsp3) is 0.357. The van der Waals surface area contributed by atoms with Gasteiger partial charge >= 0.3 is 0 Å². The minimum absolute atomic E-state index is 0.0679. The van der Waals surface area contributed by atoms with E-state index in [4.69, 9.17) is 5.73 Å². The molecule has 0 radical (unpaired) electrons. The molecule has 1 aromatic heterocycles. The van der Waals surface area contributed by atoms with Gasteiger partial charge in [0.05, 0.1) is 5.92 Å². The molecule has 0 saturated carbocycles. The van der Waals surface area contributed by atoms with Crippen LogP contribution in [0.1, 0.15) is 31.7 Å². The number of anilines is 2. The summed E-state index contributed by atoms with van der Waals surface area (Å²) < 4.78 is 0. The Bertz CT molecular complexity index is 570. The molecular weight excluding hydrogens is 272 g/mol. The molecule has 2 aromatic rings. The number of nitrogens with zero attached hydrogens (tertiary/aromatic N) is 2. The van der Waals surface area contributed by atoms with E-state index in [9.17, 15) is 4.79 Å². The molecule has 5 nitrogen and oxygen atoms in total. The van der Waals surface area contributed by atoms with Crippen LogP contribution >= 0.6 is 11.3 Å². The predicted octanol–water partition coefficient (Wildman–Crippen LogP) is 2.89. The topological polar surface area (TPSA) is 80.9 Å². The van der Waals surface area contributed by atoms with Crippen LogP contribution in [0.3, 0.4) is 0 Å². The van der Waals surface area contributed by atoms with Crippen molar-refractivity contribution >= 4 is 27.5 Å². The van der Waals surface area contributed by atoms with Crippen LogP contribution in [0.25, 0.3) is 0 Å². The van der Waals surface area contributed by atoms with Crippen molar-refractivity contribution in [3.05, 3.63) is 35.9 Å². The molecule has 1 heterocycles. The van der Waals surface area contributed by atoms with E-state index >= 15 is 0 Å². The van der Waals surface area contributed by atoms with Gasteiger partial charge in [0.2, 0.25) is 16.2 Å². The highest BCUT2D eigenvalue weighted by Crippen LogP contribution is 2.29. The zero-order chi connectivity index (χ0) is 14.5. The first kappa shape index (κ1) is 14.5. The van der Waals surface area contributed by atoms with Gasteiger partial charge in [0.1, 0.15) is 0 Å². The molecule has 20 heavy (non-hydrogen) atoms. The lowest BCUT2D eigenvalue weighted by atomic mass is 9.85. The smallest absolute Gasteiger partial charge is 0.234 e. The summed E-state index contributed by atoms with van der Waals surface area (Å²) in [6.45, 7) is 4.16. The van der Waals surface area contributed by atoms with E-state index in [1.165, 1.54) is 11.3 Å². The molecule has 2 atom stereocenters. The number of aromatic nitrogens is 2. The molecule has 106 valence electrons. The summed E-state index contributed by atoms with van der Waals surface area (Å²) in [4.78, 5) is 12.5. The van der Waals surface area contributed by atoms with Gasteiger partial charge < -0.3 is 5.73 Å². The van der Waals surface area contributed by atoms with Crippen molar-refractivity contribution in [2.75, 3.05) is 11.1 Å². The normalized spacial score (nSPS) is 13.7. The van der Waals surface area contributed by atoms with Crippen molar-refractivity contribution in [3.8, 4) is 0 Å². The third kappa shape index (κ3) is 3.33. The maximum atomic E-state index is 12.5. The second-order valence-electron chi connectivity index (χ2n) is 4.71. The van der Waals surface area contributed by atoms with Gasteiger partial charge in [-0.15, -0.1) is 10.2 Å². The van der Waals surface area contributed by atoms with E-state index in [0.717, 1.165) is 12.0 Å². The third-order valence-electron chi connectivity index (χ3n) is 3.32. The van der Waals surface area contributed by atoms with Crippen molar-refractivity contribution in [1.29, 1.82) is 0 Å². The van der Waals surface area contributed by atoms with Gasteiger partial charge in [-0.3, -0.25) is 10.1 Å². The number of nitrogens with two attached hydrogens (primary N) is 1. The molecule has 0 fully saturated rings. The van der Waals surface area contributed by atoms with Crippen LogP contribution in [0.4, 0.5) is 10.3 Å². The van der Waals surface area contributed by atoms with Crippen molar-refractivity contribution < 1.29 is 4.79 Å². The van der Waals surface area contributed by atoms with Crippen LogP contribution in [-0.4, -0.2) is 16.1 Å². The maximum Gasteiger partial charge on any atom is 0.234 e. The molecule has 2 unspecified atom stereocenters. The summed E-state index contributed by atoms with van der Waals surface area (Å²) in [6, 6.07) is 9.79. The first-order valence-corrected chi connectivity index (χ1v) is 7.38. The second kappa shape index (κ2) is 6.47. The molecular formula is C14H18N4OS. The van der Waals surface area contributed by atoms with Gasteiger partial charge in [-0.05, 0) is 11.5 Å². The van der Waals surface area contributed by atoms with E-state index in [-0.39, 0.29) is 17.7 Å². The van der Waals surface area contributed by atoms with Crippen LogP contribution < -0.4 is 11.1 Å². The Hall–Kier alpha value is -1.95. The molecule has 2 rings (SSSR count). The molecule has 6 heteroatoms. The fourth-order valence-corrected chi connectivity index (χ4v) is 2.62. The summed E-state index contributed by atoms with van der Waals surface area (Å²) in [7, 11) is 0. The van der Waals surface area contributed by atoms with Crippen LogP contribution in [0.15, 0.2) is 30.3 Å². The summed E-state index contributed by atoms with van der Waals surface area (Å²) in [5.74, 6) is -0.0318.